The fourth-order valence-corrected chi connectivity index (χ4v) is 5.03. The molecular weight excluding hydrogens is 428 g/mol. The summed E-state index contributed by atoms with van der Waals surface area (Å²) in [5, 5.41) is 7.50. The molecule has 27 heavy (non-hydrogen) atoms. The molecule has 0 aliphatic carbocycles. The molecule has 0 unspecified atom stereocenters. The second-order valence-electron chi connectivity index (χ2n) is 5.44. The number of nitrogens with one attached hydrogen (secondary N) is 2. The highest BCUT2D eigenvalue weighted by atomic mass is 35.5. The van der Waals surface area contributed by atoms with Crippen molar-refractivity contribution in [3.63, 3.8) is 0 Å². The summed E-state index contributed by atoms with van der Waals surface area (Å²) in [4.78, 5) is -0.964. The molecule has 146 valence electrons. The number of anilines is 1. The molecule has 0 amide bonds. The molecule has 0 saturated carbocycles. The summed E-state index contributed by atoms with van der Waals surface area (Å²) in [6.45, 7) is -3.11. The topological polar surface area (TPSA) is 128 Å². The molecular formula is C14H12ClF2N3O5S2. The first-order valence-electron chi connectivity index (χ1n) is 7.18. The maximum Gasteiger partial charge on any atom is 0.387 e. The van der Waals surface area contributed by atoms with Crippen LogP contribution in [0.5, 0.6) is 5.75 Å². The summed E-state index contributed by atoms with van der Waals surface area (Å²) < 4.78 is 80.1. The van der Waals surface area contributed by atoms with Crippen molar-refractivity contribution in [3.05, 3.63) is 47.0 Å². The highest BCUT2D eigenvalue weighted by Crippen LogP contribution is 2.38. The fourth-order valence-electron chi connectivity index (χ4n) is 2.56. The quantitative estimate of drug-likeness (QED) is 0.668. The third kappa shape index (κ3) is 3.99. The Hall–Kier alpha value is -1.99. The van der Waals surface area contributed by atoms with Crippen LogP contribution in [0.25, 0.3) is 0 Å². The number of ether oxygens (including phenoxy) is 1. The molecule has 3 rings (SSSR count). The van der Waals surface area contributed by atoms with Crippen molar-refractivity contribution >= 4 is 37.3 Å². The molecule has 8 nitrogen and oxygen atoms in total. The Balaban J connectivity index is 2.10. The van der Waals surface area contributed by atoms with Crippen molar-refractivity contribution in [2.45, 2.75) is 22.6 Å². The van der Waals surface area contributed by atoms with Gasteiger partial charge in [-0.15, -0.1) is 0 Å². The van der Waals surface area contributed by atoms with Gasteiger partial charge in [-0.1, -0.05) is 29.8 Å². The van der Waals surface area contributed by atoms with Crippen molar-refractivity contribution < 1.29 is 30.4 Å². The SMILES string of the molecule is NS(=O)(=O)c1cc2c(cc1Cl)N[C@H](c1ccccc1OC(F)F)NS2(=O)=O. The lowest BCUT2D eigenvalue weighted by molar-refractivity contribution is -0.0506. The van der Waals surface area contributed by atoms with Crippen molar-refractivity contribution in [1.82, 2.24) is 4.72 Å². The summed E-state index contributed by atoms with van der Waals surface area (Å²) >= 11 is 5.89. The zero-order valence-corrected chi connectivity index (χ0v) is 15.6. The highest BCUT2D eigenvalue weighted by Gasteiger charge is 2.33. The normalized spacial score (nSPS) is 18.6. The van der Waals surface area contributed by atoms with E-state index < -0.39 is 42.6 Å². The number of sulfonamides is 2. The van der Waals surface area contributed by atoms with Crippen molar-refractivity contribution in [2.75, 3.05) is 5.32 Å². The second-order valence-corrected chi connectivity index (χ2v) is 9.06. The summed E-state index contributed by atoms with van der Waals surface area (Å²) in [7, 11) is -8.48. The standard InChI is InChI=1S/C14H12ClF2N3O5S2/c15-8-5-9-12(6-11(8)26(18,21)22)27(23,24)20-13(19-9)7-3-1-2-4-10(7)25-14(16)17/h1-6,13-14,19-20H,(H2,18,21,22)/t13-/m0/s1. The fraction of sp³-hybridized carbons (Fsp3) is 0.143. The zero-order valence-electron chi connectivity index (χ0n) is 13.2. The van der Waals surface area contributed by atoms with Gasteiger partial charge in [0.05, 0.1) is 10.7 Å². The Morgan fingerprint density at radius 1 is 1.22 bits per heavy atom. The van der Waals surface area contributed by atoms with Crippen LogP contribution in [0.2, 0.25) is 5.02 Å². The predicted molar refractivity (Wildman–Crippen MR) is 92.6 cm³/mol. The molecule has 1 heterocycles. The molecule has 1 atom stereocenters. The van der Waals surface area contributed by atoms with Gasteiger partial charge in [0.15, 0.2) is 0 Å². The molecule has 1 aliphatic heterocycles. The number of primary sulfonamides is 1. The van der Waals surface area contributed by atoms with E-state index in [9.17, 15) is 25.6 Å². The lowest BCUT2D eigenvalue weighted by Crippen LogP contribution is -2.38. The Kier molecular flexibility index (Phi) is 5.03. The first-order chi connectivity index (χ1) is 12.5. The average Bonchev–Trinajstić information content (AvgIpc) is 2.52. The number of para-hydroxylation sites is 1. The van der Waals surface area contributed by atoms with Gasteiger partial charge in [0.1, 0.15) is 21.7 Å². The van der Waals surface area contributed by atoms with Gasteiger partial charge in [-0.3, -0.25) is 0 Å². The van der Waals surface area contributed by atoms with Crippen molar-refractivity contribution in [2.24, 2.45) is 5.14 Å². The lowest BCUT2D eigenvalue weighted by atomic mass is 10.1. The smallest absolute Gasteiger partial charge is 0.387 e. The molecule has 1 aliphatic rings. The van der Waals surface area contributed by atoms with E-state index in [4.69, 9.17) is 16.7 Å². The summed E-state index contributed by atoms with van der Waals surface area (Å²) in [5.41, 5.74) is 0.0710. The summed E-state index contributed by atoms with van der Waals surface area (Å²) in [6.07, 6.45) is -1.16. The number of hydrogen-bond acceptors (Lipinski definition) is 6. The van der Waals surface area contributed by atoms with E-state index in [-0.39, 0.29) is 22.0 Å². The van der Waals surface area contributed by atoms with Crippen molar-refractivity contribution in [1.29, 1.82) is 0 Å². The maximum atomic E-state index is 12.6. The minimum atomic E-state index is -4.26. The average molecular weight is 440 g/mol. The van der Waals surface area contributed by atoms with E-state index in [2.05, 4.69) is 14.8 Å². The molecule has 0 spiro atoms. The minimum Gasteiger partial charge on any atom is -0.434 e. The highest BCUT2D eigenvalue weighted by molar-refractivity contribution is 7.90. The van der Waals surface area contributed by atoms with Crippen LogP contribution in [-0.2, 0) is 20.0 Å². The maximum absolute atomic E-state index is 12.6. The zero-order chi connectivity index (χ0) is 20.0. The number of benzene rings is 2. The molecule has 2 aromatic carbocycles. The Morgan fingerprint density at radius 3 is 2.52 bits per heavy atom. The molecule has 4 N–H and O–H groups in total. The molecule has 0 radical (unpaired) electrons. The molecule has 2 aromatic rings. The molecule has 0 saturated heterocycles. The van der Waals surface area contributed by atoms with E-state index in [1.807, 2.05) is 0 Å². The second kappa shape index (κ2) is 6.87. The van der Waals surface area contributed by atoms with Crippen LogP contribution in [-0.4, -0.2) is 23.4 Å². The number of halogens is 3. The Morgan fingerprint density at radius 2 is 1.89 bits per heavy atom. The van der Waals surface area contributed by atoms with Gasteiger partial charge in [-0.25, -0.2) is 22.0 Å². The Labute approximate surface area is 158 Å². The first kappa shape index (κ1) is 19.8. The van der Waals surface area contributed by atoms with Gasteiger partial charge < -0.3 is 10.1 Å². The van der Waals surface area contributed by atoms with E-state index in [0.717, 1.165) is 12.1 Å². The van der Waals surface area contributed by atoms with Gasteiger partial charge in [0, 0.05) is 5.56 Å². The summed E-state index contributed by atoms with van der Waals surface area (Å²) in [5.74, 6) is -0.233. The molecule has 0 bridgehead atoms. The number of hydrogen-bond donors (Lipinski definition) is 3. The van der Waals surface area contributed by atoms with Gasteiger partial charge in [0.2, 0.25) is 20.0 Å². The van der Waals surface area contributed by atoms with E-state index >= 15 is 0 Å². The van der Waals surface area contributed by atoms with Gasteiger partial charge in [-0.2, -0.15) is 13.5 Å². The number of rotatable bonds is 4. The third-order valence-corrected chi connectivity index (χ3v) is 6.49. The van der Waals surface area contributed by atoms with Gasteiger partial charge in [-0.05, 0) is 18.2 Å². The van der Waals surface area contributed by atoms with Crippen LogP contribution in [0.15, 0.2) is 46.2 Å². The van der Waals surface area contributed by atoms with Gasteiger partial charge in [0.25, 0.3) is 0 Å². The van der Waals surface area contributed by atoms with Crippen LogP contribution in [0.4, 0.5) is 14.5 Å². The van der Waals surface area contributed by atoms with Crippen molar-refractivity contribution in [3.8, 4) is 5.75 Å². The largest absolute Gasteiger partial charge is 0.434 e. The number of nitrogens with two attached hydrogens (primary N) is 1. The van der Waals surface area contributed by atoms with E-state index in [1.165, 1.54) is 24.3 Å². The van der Waals surface area contributed by atoms with Crippen LogP contribution in [0.3, 0.4) is 0 Å². The van der Waals surface area contributed by atoms with E-state index in [0.29, 0.717) is 0 Å². The lowest BCUT2D eigenvalue weighted by Gasteiger charge is -2.29. The minimum absolute atomic E-state index is 0.0250. The molecule has 0 aromatic heterocycles. The first-order valence-corrected chi connectivity index (χ1v) is 10.6. The third-order valence-electron chi connectivity index (χ3n) is 3.65. The predicted octanol–water partition coefficient (Wildman–Crippen LogP) is 1.99. The van der Waals surface area contributed by atoms with Crippen LogP contribution >= 0.6 is 11.6 Å². The molecule has 0 fully saturated rings. The van der Waals surface area contributed by atoms with Crippen LogP contribution in [0, 0.1) is 0 Å². The number of fused-ring (bicyclic) bond motifs is 1. The van der Waals surface area contributed by atoms with E-state index in [1.54, 1.807) is 0 Å². The Bertz CT molecular complexity index is 1110. The van der Waals surface area contributed by atoms with Gasteiger partial charge >= 0.3 is 6.61 Å². The summed E-state index contributed by atoms with van der Waals surface area (Å²) in [6, 6.07) is 7.50. The number of alkyl halides is 2. The van der Waals surface area contributed by atoms with Crippen LogP contribution in [0.1, 0.15) is 11.7 Å². The van der Waals surface area contributed by atoms with Crippen LogP contribution < -0.4 is 19.9 Å². The monoisotopic (exact) mass is 439 g/mol. The molecule has 13 heteroatoms.